The van der Waals surface area contributed by atoms with Crippen LogP contribution >= 0.6 is 0 Å². The predicted molar refractivity (Wildman–Crippen MR) is 39.6 cm³/mol. The van der Waals surface area contributed by atoms with E-state index >= 15 is 0 Å². The molecule has 0 aromatic rings. The highest BCUT2D eigenvalue weighted by molar-refractivity contribution is 5.81. The van der Waals surface area contributed by atoms with Gasteiger partial charge in [0.05, 0.1) is 0 Å². The lowest BCUT2D eigenvalue weighted by molar-refractivity contribution is -0.117. The predicted octanol–water partition coefficient (Wildman–Crippen LogP) is 1.93. The molecule has 2 atom stereocenters. The summed E-state index contributed by atoms with van der Waals surface area (Å²) in [4.78, 5) is 11.0. The third kappa shape index (κ3) is 0.898. The van der Waals surface area contributed by atoms with Crippen LogP contribution in [0, 0.1) is 11.8 Å². The molecule has 0 spiro atoms. The summed E-state index contributed by atoms with van der Waals surface area (Å²) in [5.41, 5.74) is 0. The minimum atomic E-state index is 0.485. The van der Waals surface area contributed by atoms with E-state index in [0.717, 1.165) is 25.7 Å². The number of rotatable bonds is 0. The highest BCUT2D eigenvalue weighted by atomic mass is 16.1. The zero-order chi connectivity index (χ0) is 6.97. The molecule has 1 heteroatoms. The van der Waals surface area contributed by atoms with Crippen LogP contribution in [0.3, 0.4) is 0 Å². The third-order valence-electron chi connectivity index (χ3n) is 2.69. The molecule has 0 aliphatic heterocycles. The van der Waals surface area contributed by atoms with Gasteiger partial charge in [-0.25, -0.2) is 0 Å². The second-order valence-corrected chi connectivity index (χ2v) is 3.41. The Morgan fingerprint density at radius 3 is 2.10 bits per heavy atom. The number of carbonyl (C=O) groups excluding carboxylic acids is 1. The standard InChI is InChI=1S/C9H12O/c10-9-5-7-3-1-2-4-8(7)6-9/h1-2,7-8H,3-6H2. The molecule has 0 aromatic carbocycles. The molecule has 54 valence electrons. The summed E-state index contributed by atoms with van der Waals surface area (Å²) < 4.78 is 0. The molecule has 1 fully saturated rings. The molecule has 2 aliphatic rings. The fourth-order valence-corrected chi connectivity index (χ4v) is 2.10. The van der Waals surface area contributed by atoms with Gasteiger partial charge in [-0.05, 0) is 24.7 Å². The quantitative estimate of drug-likeness (QED) is 0.465. The van der Waals surface area contributed by atoms with Crippen molar-refractivity contribution < 1.29 is 4.79 Å². The van der Waals surface area contributed by atoms with Gasteiger partial charge < -0.3 is 0 Å². The molecular formula is C9H12O. The Morgan fingerprint density at radius 2 is 1.60 bits per heavy atom. The summed E-state index contributed by atoms with van der Waals surface area (Å²) in [6.45, 7) is 0. The maximum Gasteiger partial charge on any atom is 0.133 e. The maximum absolute atomic E-state index is 11.0. The topological polar surface area (TPSA) is 17.1 Å². The Morgan fingerprint density at radius 1 is 1.10 bits per heavy atom. The average molecular weight is 136 g/mol. The highest BCUT2D eigenvalue weighted by Gasteiger charge is 2.32. The van der Waals surface area contributed by atoms with E-state index in [-0.39, 0.29) is 0 Å². The van der Waals surface area contributed by atoms with E-state index in [0.29, 0.717) is 17.6 Å². The first kappa shape index (κ1) is 6.14. The average Bonchev–Trinajstić information content (AvgIpc) is 2.27. The van der Waals surface area contributed by atoms with Crippen LogP contribution in [-0.2, 0) is 4.79 Å². The van der Waals surface area contributed by atoms with E-state index in [2.05, 4.69) is 12.2 Å². The van der Waals surface area contributed by atoms with Crippen molar-refractivity contribution in [3.05, 3.63) is 12.2 Å². The largest absolute Gasteiger partial charge is 0.300 e. The minimum absolute atomic E-state index is 0.485. The zero-order valence-corrected chi connectivity index (χ0v) is 6.05. The molecule has 1 nitrogen and oxygen atoms in total. The zero-order valence-electron chi connectivity index (χ0n) is 6.05. The maximum atomic E-state index is 11.0. The molecule has 0 amide bonds. The molecule has 10 heavy (non-hydrogen) atoms. The molecule has 0 aromatic heterocycles. The van der Waals surface area contributed by atoms with Gasteiger partial charge in [0, 0.05) is 12.8 Å². The first-order chi connectivity index (χ1) is 4.86. The van der Waals surface area contributed by atoms with Gasteiger partial charge >= 0.3 is 0 Å². The Kier molecular flexibility index (Phi) is 1.37. The van der Waals surface area contributed by atoms with Gasteiger partial charge in [-0.15, -0.1) is 0 Å². The van der Waals surface area contributed by atoms with Gasteiger partial charge in [-0.3, -0.25) is 4.79 Å². The highest BCUT2D eigenvalue weighted by Crippen LogP contribution is 2.37. The lowest BCUT2D eigenvalue weighted by Gasteiger charge is -2.18. The molecule has 2 rings (SSSR count). The van der Waals surface area contributed by atoms with Crippen LogP contribution in [0.25, 0.3) is 0 Å². The Labute approximate surface area is 61.1 Å². The van der Waals surface area contributed by atoms with Crippen LogP contribution in [0.2, 0.25) is 0 Å². The molecule has 2 unspecified atom stereocenters. The number of fused-ring (bicyclic) bond motifs is 1. The molecule has 2 aliphatic carbocycles. The molecule has 0 bridgehead atoms. The fraction of sp³-hybridized carbons (Fsp3) is 0.667. The molecular weight excluding hydrogens is 124 g/mol. The van der Waals surface area contributed by atoms with Gasteiger partial charge in [0.1, 0.15) is 5.78 Å². The summed E-state index contributed by atoms with van der Waals surface area (Å²) in [5, 5.41) is 0. The van der Waals surface area contributed by atoms with Crippen molar-refractivity contribution in [1.29, 1.82) is 0 Å². The SMILES string of the molecule is O=C1CC2CC=CCC2C1. The van der Waals surface area contributed by atoms with Crippen molar-refractivity contribution in [3.8, 4) is 0 Å². The first-order valence-electron chi connectivity index (χ1n) is 4.03. The number of hydrogen-bond acceptors (Lipinski definition) is 1. The van der Waals surface area contributed by atoms with Gasteiger partial charge in [0.2, 0.25) is 0 Å². The van der Waals surface area contributed by atoms with E-state index in [1.807, 2.05) is 0 Å². The first-order valence-corrected chi connectivity index (χ1v) is 4.03. The van der Waals surface area contributed by atoms with Crippen LogP contribution < -0.4 is 0 Å². The fourth-order valence-electron chi connectivity index (χ4n) is 2.10. The Balaban J connectivity index is 2.11. The molecule has 0 saturated heterocycles. The summed E-state index contributed by atoms with van der Waals surface area (Å²) in [6, 6.07) is 0. The van der Waals surface area contributed by atoms with Crippen molar-refractivity contribution in [2.24, 2.45) is 11.8 Å². The normalized spacial score (nSPS) is 38.2. The molecule has 0 N–H and O–H groups in total. The van der Waals surface area contributed by atoms with Crippen molar-refractivity contribution in [2.75, 3.05) is 0 Å². The second kappa shape index (κ2) is 2.22. The van der Waals surface area contributed by atoms with Gasteiger partial charge in [0.25, 0.3) is 0 Å². The van der Waals surface area contributed by atoms with Crippen molar-refractivity contribution in [2.45, 2.75) is 25.7 Å². The molecule has 1 saturated carbocycles. The van der Waals surface area contributed by atoms with Crippen LogP contribution in [0.15, 0.2) is 12.2 Å². The summed E-state index contributed by atoms with van der Waals surface area (Å²) >= 11 is 0. The van der Waals surface area contributed by atoms with Crippen LogP contribution in [0.4, 0.5) is 0 Å². The van der Waals surface area contributed by atoms with E-state index < -0.39 is 0 Å². The van der Waals surface area contributed by atoms with E-state index in [4.69, 9.17) is 0 Å². The van der Waals surface area contributed by atoms with Gasteiger partial charge in [0.15, 0.2) is 0 Å². The number of hydrogen-bond donors (Lipinski definition) is 0. The number of carbonyl (C=O) groups is 1. The van der Waals surface area contributed by atoms with Crippen molar-refractivity contribution in [1.82, 2.24) is 0 Å². The van der Waals surface area contributed by atoms with Crippen molar-refractivity contribution in [3.63, 3.8) is 0 Å². The Hall–Kier alpha value is -0.590. The summed E-state index contributed by atoms with van der Waals surface area (Å²) in [6.07, 6.45) is 8.45. The lowest BCUT2D eigenvalue weighted by Crippen LogP contribution is -2.08. The smallest absolute Gasteiger partial charge is 0.133 e. The van der Waals surface area contributed by atoms with E-state index in [1.54, 1.807) is 0 Å². The minimum Gasteiger partial charge on any atom is -0.300 e. The van der Waals surface area contributed by atoms with Gasteiger partial charge in [-0.1, -0.05) is 12.2 Å². The number of ketones is 1. The number of allylic oxidation sites excluding steroid dienone is 2. The molecule has 0 heterocycles. The van der Waals surface area contributed by atoms with Gasteiger partial charge in [-0.2, -0.15) is 0 Å². The molecule has 0 radical (unpaired) electrons. The van der Waals surface area contributed by atoms with Crippen molar-refractivity contribution >= 4 is 5.78 Å². The van der Waals surface area contributed by atoms with E-state index in [1.165, 1.54) is 0 Å². The summed E-state index contributed by atoms with van der Waals surface area (Å²) in [5.74, 6) is 1.90. The van der Waals surface area contributed by atoms with Crippen LogP contribution in [-0.4, -0.2) is 5.78 Å². The number of Topliss-reactive ketones (excluding diaryl/α,β-unsaturated/α-hetero) is 1. The second-order valence-electron chi connectivity index (χ2n) is 3.41. The lowest BCUT2D eigenvalue weighted by atomic mass is 9.86. The summed E-state index contributed by atoms with van der Waals surface area (Å²) in [7, 11) is 0. The Bertz CT molecular complexity index is 163. The van der Waals surface area contributed by atoms with Crippen LogP contribution in [0.5, 0.6) is 0 Å². The monoisotopic (exact) mass is 136 g/mol. The third-order valence-corrected chi connectivity index (χ3v) is 2.69. The van der Waals surface area contributed by atoms with Crippen LogP contribution in [0.1, 0.15) is 25.7 Å². The van der Waals surface area contributed by atoms with E-state index in [9.17, 15) is 4.79 Å².